The Labute approximate surface area is 120 Å². The first kappa shape index (κ1) is 13.1. The number of nitrogens with zero attached hydrogens (tertiary/aromatic N) is 2. The summed E-state index contributed by atoms with van der Waals surface area (Å²) in [6.07, 6.45) is 6.21. The summed E-state index contributed by atoms with van der Waals surface area (Å²) in [7, 11) is 0. The van der Waals surface area contributed by atoms with Crippen LogP contribution in [0.2, 0.25) is 0 Å². The van der Waals surface area contributed by atoms with Crippen molar-refractivity contribution in [2.75, 3.05) is 5.32 Å². The van der Waals surface area contributed by atoms with Crippen molar-refractivity contribution in [1.82, 2.24) is 9.55 Å². The maximum Gasteiger partial charge on any atom is 0.258 e. The number of nitrogens with one attached hydrogen (secondary N) is 1. The standard InChI is InChI=1S/C16H12FN3O/c17-15-11-18-7-6-14(15)16(21)19-12-4-3-5-13(10-12)20-8-1-2-9-20/h1-11H,(H,19,21). The quantitative estimate of drug-likeness (QED) is 0.801. The molecule has 0 saturated carbocycles. The predicted molar refractivity (Wildman–Crippen MR) is 77.9 cm³/mol. The van der Waals surface area contributed by atoms with Gasteiger partial charge in [-0.25, -0.2) is 4.39 Å². The summed E-state index contributed by atoms with van der Waals surface area (Å²) in [4.78, 5) is 15.7. The van der Waals surface area contributed by atoms with E-state index in [0.29, 0.717) is 5.69 Å². The molecule has 0 atom stereocenters. The van der Waals surface area contributed by atoms with Crippen LogP contribution in [0.1, 0.15) is 10.4 Å². The minimum atomic E-state index is -0.642. The lowest BCUT2D eigenvalue weighted by Gasteiger charge is -2.08. The first-order valence-electron chi connectivity index (χ1n) is 6.38. The Balaban J connectivity index is 1.84. The lowest BCUT2D eigenvalue weighted by molar-refractivity contribution is 0.102. The van der Waals surface area contributed by atoms with Crippen molar-refractivity contribution >= 4 is 11.6 Å². The van der Waals surface area contributed by atoms with E-state index < -0.39 is 11.7 Å². The van der Waals surface area contributed by atoms with Gasteiger partial charge in [0.05, 0.1) is 11.8 Å². The molecule has 4 nitrogen and oxygen atoms in total. The van der Waals surface area contributed by atoms with E-state index in [0.717, 1.165) is 11.9 Å². The summed E-state index contributed by atoms with van der Waals surface area (Å²) < 4.78 is 15.4. The topological polar surface area (TPSA) is 46.9 Å². The average molecular weight is 281 g/mol. The molecule has 1 N–H and O–H groups in total. The van der Waals surface area contributed by atoms with Crippen LogP contribution in [0.4, 0.5) is 10.1 Å². The number of benzene rings is 1. The zero-order valence-corrected chi connectivity index (χ0v) is 11.0. The second kappa shape index (κ2) is 5.58. The summed E-state index contributed by atoms with van der Waals surface area (Å²) in [6, 6.07) is 12.5. The molecule has 3 aromatic rings. The van der Waals surface area contributed by atoms with Crippen LogP contribution >= 0.6 is 0 Å². The van der Waals surface area contributed by atoms with Crippen molar-refractivity contribution in [3.05, 3.63) is 78.6 Å². The fourth-order valence-electron chi connectivity index (χ4n) is 2.01. The second-order valence-electron chi connectivity index (χ2n) is 4.45. The monoisotopic (exact) mass is 281 g/mol. The zero-order chi connectivity index (χ0) is 14.7. The molecule has 0 fully saturated rings. The molecule has 1 aromatic carbocycles. The van der Waals surface area contributed by atoms with Crippen molar-refractivity contribution in [3.63, 3.8) is 0 Å². The molecule has 5 heteroatoms. The van der Waals surface area contributed by atoms with Crippen LogP contribution < -0.4 is 5.32 Å². The highest BCUT2D eigenvalue weighted by atomic mass is 19.1. The number of halogens is 1. The lowest BCUT2D eigenvalue weighted by Crippen LogP contribution is -2.14. The normalized spacial score (nSPS) is 10.3. The SMILES string of the molecule is O=C(Nc1cccc(-n2cccc2)c1)c1ccncc1F. The molecule has 0 aliphatic carbocycles. The summed E-state index contributed by atoms with van der Waals surface area (Å²) in [5.41, 5.74) is 1.48. The van der Waals surface area contributed by atoms with Gasteiger partial charge in [0.1, 0.15) is 0 Å². The highest BCUT2D eigenvalue weighted by molar-refractivity contribution is 6.04. The molecule has 0 radical (unpaired) electrons. The number of rotatable bonds is 3. The van der Waals surface area contributed by atoms with E-state index in [-0.39, 0.29) is 5.56 Å². The van der Waals surface area contributed by atoms with Gasteiger partial charge in [0.25, 0.3) is 5.91 Å². The predicted octanol–water partition coefficient (Wildman–Crippen LogP) is 3.26. The Morgan fingerprint density at radius 3 is 2.71 bits per heavy atom. The third-order valence-corrected chi connectivity index (χ3v) is 3.02. The molecule has 1 amide bonds. The van der Waals surface area contributed by atoms with Crippen molar-refractivity contribution in [2.24, 2.45) is 0 Å². The highest BCUT2D eigenvalue weighted by Crippen LogP contribution is 2.16. The number of hydrogen-bond acceptors (Lipinski definition) is 2. The maximum absolute atomic E-state index is 13.5. The van der Waals surface area contributed by atoms with Gasteiger partial charge in [-0.15, -0.1) is 0 Å². The van der Waals surface area contributed by atoms with Crippen LogP contribution in [-0.2, 0) is 0 Å². The molecular weight excluding hydrogens is 269 g/mol. The van der Waals surface area contributed by atoms with Gasteiger partial charge < -0.3 is 9.88 Å². The van der Waals surface area contributed by atoms with Gasteiger partial charge >= 0.3 is 0 Å². The van der Waals surface area contributed by atoms with E-state index in [1.165, 1.54) is 12.3 Å². The number of carbonyl (C=O) groups is 1. The van der Waals surface area contributed by atoms with Crippen molar-refractivity contribution < 1.29 is 9.18 Å². The van der Waals surface area contributed by atoms with Crippen LogP contribution in [0, 0.1) is 5.82 Å². The van der Waals surface area contributed by atoms with Crippen molar-refractivity contribution in [2.45, 2.75) is 0 Å². The molecule has 21 heavy (non-hydrogen) atoms. The van der Waals surface area contributed by atoms with E-state index in [1.54, 1.807) is 6.07 Å². The average Bonchev–Trinajstić information content (AvgIpc) is 3.02. The minimum absolute atomic E-state index is 0.0311. The first-order chi connectivity index (χ1) is 10.2. The van der Waals surface area contributed by atoms with Crippen LogP contribution in [0.5, 0.6) is 0 Å². The van der Waals surface area contributed by atoms with E-state index >= 15 is 0 Å². The summed E-state index contributed by atoms with van der Waals surface area (Å²) >= 11 is 0. The molecule has 0 unspecified atom stereocenters. The number of carbonyl (C=O) groups excluding carboxylic acids is 1. The van der Waals surface area contributed by atoms with E-state index in [2.05, 4.69) is 10.3 Å². The van der Waals surface area contributed by atoms with Crippen LogP contribution in [0.3, 0.4) is 0 Å². The van der Waals surface area contributed by atoms with Crippen LogP contribution in [-0.4, -0.2) is 15.5 Å². The number of hydrogen-bond donors (Lipinski definition) is 1. The summed E-state index contributed by atoms with van der Waals surface area (Å²) in [6.45, 7) is 0. The number of pyridine rings is 1. The largest absolute Gasteiger partial charge is 0.324 e. The van der Waals surface area contributed by atoms with Gasteiger partial charge in [-0.1, -0.05) is 6.07 Å². The summed E-state index contributed by atoms with van der Waals surface area (Å²) in [5.74, 6) is -1.14. The number of amides is 1. The van der Waals surface area contributed by atoms with Gasteiger partial charge in [-0.3, -0.25) is 9.78 Å². The van der Waals surface area contributed by atoms with E-state index in [9.17, 15) is 9.18 Å². The Hall–Kier alpha value is -2.95. The maximum atomic E-state index is 13.5. The fourth-order valence-corrected chi connectivity index (χ4v) is 2.01. The van der Waals surface area contributed by atoms with Crippen LogP contribution in [0.25, 0.3) is 5.69 Å². The third-order valence-electron chi connectivity index (χ3n) is 3.02. The molecule has 0 saturated heterocycles. The molecule has 0 spiro atoms. The Kier molecular flexibility index (Phi) is 3.47. The Morgan fingerprint density at radius 1 is 1.14 bits per heavy atom. The lowest BCUT2D eigenvalue weighted by atomic mass is 10.2. The van der Waals surface area contributed by atoms with E-state index in [4.69, 9.17) is 0 Å². The molecule has 2 aromatic heterocycles. The van der Waals surface area contributed by atoms with E-state index in [1.807, 2.05) is 47.3 Å². The van der Waals surface area contributed by atoms with Gasteiger partial charge in [-0.05, 0) is 36.4 Å². The minimum Gasteiger partial charge on any atom is -0.324 e. The molecule has 0 aliphatic rings. The van der Waals surface area contributed by atoms with Gasteiger partial charge in [0.15, 0.2) is 5.82 Å². The van der Waals surface area contributed by atoms with Gasteiger partial charge in [-0.2, -0.15) is 0 Å². The molecule has 2 heterocycles. The van der Waals surface area contributed by atoms with Crippen molar-refractivity contribution in [3.8, 4) is 5.69 Å². The number of aromatic nitrogens is 2. The number of anilines is 1. The fraction of sp³-hybridized carbons (Fsp3) is 0. The summed E-state index contributed by atoms with van der Waals surface area (Å²) in [5, 5.41) is 2.68. The molecule has 104 valence electrons. The van der Waals surface area contributed by atoms with Crippen LogP contribution in [0.15, 0.2) is 67.3 Å². The molecule has 3 rings (SSSR count). The highest BCUT2D eigenvalue weighted by Gasteiger charge is 2.11. The Morgan fingerprint density at radius 2 is 1.95 bits per heavy atom. The smallest absolute Gasteiger partial charge is 0.258 e. The van der Waals surface area contributed by atoms with Gasteiger partial charge in [0.2, 0.25) is 0 Å². The second-order valence-corrected chi connectivity index (χ2v) is 4.45. The molecule has 0 aliphatic heterocycles. The third kappa shape index (κ3) is 2.81. The zero-order valence-electron chi connectivity index (χ0n) is 11.0. The van der Waals surface area contributed by atoms with Gasteiger partial charge in [0, 0.05) is 30.0 Å². The Bertz CT molecular complexity index is 769. The molecule has 0 bridgehead atoms. The first-order valence-corrected chi connectivity index (χ1v) is 6.38. The molecular formula is C16H12FN3O. The van der Waals surface area contributed by atoms with Crippen molar-refractivity contribution in [1.29, 1.82) is 0 Å².